The van der Waals surface area contributed by atoms with Crippen molar-refractivity contribution < 1.29 is 25.9 Å². The summed E-state index contributed by atoms with van der Waals surface area (Å²) in [5.74, 6) is 7.91. The van der Waals surface area contributed by atoms with E-state index in [0.29, 0.717) is 11.8 Å². The number of nitrogens with zero attached hydrogens (tertiary/aromatic N) is 3. The van der Waals surface area contributed by atoms with Crippen LogP contribution in [-0.2, 0) is 25.5 Å². The molecule has 3 heterocycles. The number of imidazole rings is 1. The van der Waals surface area contributed by atoms with E-state index in [0.717, 1.165) is 72.1 Å². The summed E-state index contributed by atoms with van der Waals surface area (Å²) in [6.07, 6.45) is 2.02. The first kappa shape index (κ1) is 51.1. The third-order valence-electron chi connectivity index (χ3n) is 14.2. The van der Waals surface area contributed by atoms with Crippen LogP contribution in [0.4, 0.5) is 0 Å². The van der Waals surface area contributed by atoms with Crippen molar-refractivity contribution in [2.75, 3.05) is 0 Å². The number of hydrogen-bond acceptors (Lipinski definition) is 3. The minimum absolute atomic E-state index is 0. The van der Waals surface area contributed by atoms with E-state index in [4.69, 9.17) is 15.8 Å². The average molecular weight is 1210 g/mol. The average Bonchev–Trinajstić information content (AvgIpc) is 3.98. The van der Waals surface area contributed by atoms with Crippen molar-refractivity contribution in [3.05, 3.63) is 204 Å². The van der Waals surface area contributed by atoms with Crippen molar-refractivity contribution >= 4 is 61.4 Å². The van der Waals surface area contributed by atoms with Crippen LogP contribution in [0.2, 0.25) is 17.3 Å². The molecule has 0 saturated carbocycles. The van der Waals surface area contributed by atoms with E-state index in [1.807, 2.05) is 44.3 Å². The van der Waals surface area contributed by atoms with Crippen molar-refractivity contribution in [3.8, 4) is 50.6 Å². The van der Waals surface area contributed by atoms with Gasteiger partial charge in [0.2, 0.25) is 0 Å². The first-order valence-electron chi connectivity index (χ1n) is 26.4. The first-order valence-corrected chi connectivity index (χ1v) is 33.2. The maximum absolute atomic E-state index is 8.61. The van der Waals surface area contributed by atoms with Gasteiger partial charge in [0.25, 0.3) is 0 Å². The zero-order valence-electron chi connectivity index (χ0n) is 45.9. The van der Waals surface area contributed by atoms with Crippen LogP contribution >= 0.6 is 0 Å². The molecule has 4 nitrogen and oxygen atoms in total. The zero-order chi connectivity index (χ0) is 52.3. The van der Waals surface area contributed by atoms with Crippen LogP contribution in [0.3, 0.4) is 0 Å². The van der Waals surface area contributed by atoms with E-state index in [1.165, 1.54) is 48.9 Å². The maximum Gasteiger partial charge on any atom is 0 e. The largest absolute Gasteiger partial charge is 0 e. The fraction of sp³-hybridized carbons (Fsp3) is 0.235. The summed E-state index contributed by atoms with van der Waals surface area (Å²) in [5.41, 5.74) is 17.6. The van der Waals surface area contributed by atoms with Gasteiger partial charge in [-0.1, -0.05) is 138 Å². The molecule has 0 bridgehead atoms. The molecule has 6 heteroatoms. The molecule has 0 aliphatic carbocycles. The van der Waals surface area contributed by atoms with Crippen molar-refractivity contribution in [2.45, 2.75) is 103 Å². The first-order chi connectivity index (χ1) is 35.3. The number of rotatable bonds is 9. The third kappa shape index (κ3) is 10.2. The fourth-order valence-electron chi connectivity index (χ4n) is 10.2. The molecule has 375 valence electrons. The van der Waals surface area contributed by atoms with Gasteiger partial charge in [-0.15, -0.1) is 18.2 Å². The van der Waals surface area contributed by atoms with E-state index in [2.05, 4.69) is 222 Å². The summed E-state index contributed by atoms with van der Waals surface area (Å²) in [6, 6.07) is 64.7. The van der Waals surface area contributed by atoms with E-state index in [1.54, 1.807) is 0 Å². The summed E-state index contributed by atoms with van der Waals surface area (Å²) >= 11 is -2.09. The molecule has 8 aromatic carbocycles. The van der Waals surface area contributed by atoms with Crippen molar-refractivity contribution in [1.29, 1.82) is 0 Å². The summed E-state index contributed by atoms with van der Waals surface area (Å²) in [7, 11) is 0. The number of para-hydroxylation sites is 2. The minimum atomic E-state index is -2.09. The molecule has 0 spiro atoms. The van der Waals surface area contributed by atoms with Crippen molar-refractivity contribution in [3.63, 3.8) is 0 Å². The monoisotopic (exact) mass is 1210 g/mol. The maximum atomic E-state index is 8.61. The molecule has 3 aromatic heterocycles. The molecule has 0 atom stereocenters. The van der Waals surface area contributed by atoms with Crippen LogP contribution in [0.25, 0.3) is 94.3 Å². The number of aromatic nitrogens is 3. The number of pyridine rings is 1. The van der Waals surface area contributed by atoms with Gasteiger partial charge in [-0.2, -0.15) is 0 Å². The molecule has 11 rings (SSSR count). The van der Waals surface area contributed by atoms with E-state index in [-0.39, 0.29) is 25.5 Å². The van der Waals surface area contributed by atoms with Gasteiger partial charge in [0.1, 0.15) is 5.58 Å². The normalized spacial score (nSPS) is 12.4. The van der Waals surface area contributed by atoms with Gasteiger partial charge < -0.3 is 8.98 Å². The fourth-order valence-corrected chi connectivity index (χ4v) is 13.6. The second-order valence-electron chi connectivity index (χ2n) is 22.5. The van der Waals surface area contributed by atoms with Gasteiger partial charge in [-0.3, -0.25) is 4.98 Å². The Hall–Kier alpha value is -6.37. The molecule has 0 saturated heterocycles. The molecule has 0 unspecified atom stereocenters. The SMILES string of the molecule is CC(C)c1cc(C(C)(C)C)cc(C(C)C)c1-n1c(-c2[c-]ccc3c2oc2ccc(-c4cccc(-c5ccccc5)c4)cc23)nc2ccccc21.[2H]C(C)(C)c1cc(-c2[c-]ccc3ccccc23)nc[c]1[Ge]([CH3])([CH3])[CH3].[Ir]. The van der Waals surface area contributed by atoms with E-state index < -0.39 is 19.2 Å². The van der Waals surface area contributed by atoms with Gasteiger partial charge in [-0.05, 0) is 86.5 Å². The van der Waals surface area contributed by atoms with Crippen LogP contribution < -0.4 is 4.40 Å². The van der Waals surface area contributed by atoms with Gasteiger partial charge in [0.15, 0.2) is 0 Å². The predicted molar refractivity (Wildman–Crippen MR) is 313 cm³/mol. The number of fused-ring (bicyclic) bond motifs is 5. The van der Waals surface area contributed by atoms with Gasteiger partial charge in [0.05, 0.1) is 22.4 Å². The molecule has 1 radical (unpaired) electrons. The number of benzene rings is 8. The van der Waals surface area contributed by atoms with Gasteiger partial charge in [0, 0.05) is 31.2 Å². The Balaban J connectivity index is 0.000000232. The Labute approximate surface area is 456 Å². The molecule has 0 aliphatic rings. The molecule has 11 aromatic rings. The van der Waals surface area contributed by atoms with Crippen molar-refractivity contribution in [1.82, 2.24) is 14.5 Å². The van der Waals surface area contributed by atoms with Crippen LogP contribution in [0.1, 0.15) is 104 Å². The molecule has 0 amide bonds. The summed E-state index contributed by atoms with van der Waals surface area (Å²) in [6.45, 7) is 20.0. The topological polar surface area (TPSA) is 43.9 Å². The predicted octanol–water partition coefficient (Wildman–Crippen LogP) is 18.6. The zero-order valence-corrected chi connectivity index (χ0v) is 49.4. The van der Waals surface area contributed by atoms with Crippen LogP contribution in [-0.4, -0.2) is 27.8 Å². The third-order valence-corrected chi connectivity index (χ3v) is 18.5. The second kappa shape index (κ2) is 21.1. The molecule has 0 aliphatic heterocycles. The Morgan fingerprint density at radius 3 is 1.91 bits per heavy atom. The summed E-state index contributed by atoms with van der Waals surface area (Å²) in [5, 5.41) is 4.49. The molecular formula is C68H67GeIrN3O-2. The van der Waals surface area contributed by atoms with Gasteiger partial charge in [-0.25, -0.2) is 0 Å². The van der Waals surface area contributed by atoms with E-state index in [9.17, 15) is 0 Å². The molecular weight excluding hydrogens is 1140 g/mol. The second-order valence-corrected chi connectivity index (χ2v) is 33.1. The molecule has 74 heavy (non-hydrogen) atoms. The van der Waals surface area contributed by atoms with Crippen molar-refractivity contribution in [2.24, 2.45) is 0 Å². The summed E-state index contributed by atoms with van der Waals surface area (Å²) < 4.78 is 19.1. The minimum Gasteiger partial charge on any atom is 0 e. The standard InChI is InChI=1S/C47H43N2O.C21H24GeN.Ir/c1-29(2)38-27-35(47(5,6)7)28-39(30(3)4)44(38)49-42-22-12-11-21-41(42)48-46(49)37-20-14-19-36-40-26-34(23-24-43(40)50-45(36)37)33-18-13-17-32(25-33)31-15-9-8-10-16-31;1-15(2)19-13-21(23-14-20(19)22(3,4)5)18-12-8-10-16-9-6-7-11-17(16)18;/h8-19,21-30H,1-7H3;6-11,13-15H,1-5H3;/q2*-1;/i;15D;. The number of hydrogen-bond donors (Lipinski definition) is 0. The van der Waals surface area contributed by atoms with Crippen LogP contribution in [0.15, 0.2) is 174 Å². The van der Waals surface area contributed by atoms with E-state index >= 15 is 0 Å². The Morgan fingerprint density at radius 2 is 1.22 bits per heavy atom. The number of furan rings is 1. The Kier molecular flexibility index (Phi) is 14.6. The van der Waals surface area contributed by atoms with Crippen LogP contribution in [0.5, 0.6) is 0 Å². The summed E-state index contributed by atoms with van der Waals surface area (Å²) in [4.78, 5) is 10.1. The molecule has 0 N–H and O–H groups in total. The smallest absolute Gasteiger partial charge is 0 e. The quantitative estimate of drug-likeness (QED) is 0.107. The molecule has 0 fully saturated rings. The van der Waals surface area contributed by atoms with Gasteiger partial charge >= 0.3 is 143 Å². The Morgan fingerprint density at radius 1 is 0.595 bits per heavy atom. The van der Waals surface area contributed by atoms with Crippen LogP contribution in [0, 0.1) is 12.1 Å². The Bertz CT molecular complexity index is 3830.